The van der Waals surface area contributed by atoms with Crippen LogP contribution < -0.4 is 9.47 Å². The third-order valence-corrected chi connectivity index (χ3v) is 7.40. The van der Waals surface area contributed by atoms with Gasteiger partial charge in [0, 0.05) is 5.92 Å². The average Bonchev–Trinajstić information content (AvgIpc) is 3.35. The van der Waals surface area contributed by atoms with Gasteiger partial charge in [-0.2, -0.15) is 0 Å². The SMILES string of the molecule is O=C1OC[C@H](c2ccccc2)N2C([C@@H]3C=C4OCCOC4=CC3)O[C@H](c3ccc4c(c3)OCCO4)C12. The Hall–Kier alpha value is -3.49. The van der Waals surface area contributed by atoms with E-state index in [1.165, 1.54) is 0 Å². The van der Waals surface area contributed by atoms with Gasteiger partial charge in [-0.15, -0.1) is 0 Å². The minimum absolute atomic E-state index is 0.0210. The fraction of sp³-hybridized carbons (Fsp3) is 0.393. The maximum absolute atomic E-state index is 13.3. The van der Waals surface area contributed by atoms with Crippen LogP contribution >= 0.6 is 0 Å². The first-order valence-corrected chi connectivity index (χ1v) is 12.5. The third-order valence-electron chi connectivity index (χ3n) is 7.40. The zero-order chi connectivity index (χ0) is 24.1. The Morgan fingerprint density at radius 1 is 0.778 bits per heavy atom. The third kappa shape index (κ3) is 3.63. The molecule has 36 heavy (non-hydrogen) atoms. The molecule has 0 radical (unpaired) electrons. The first-order valence-electron chi connectivity index (χ1n) is 12.5. The number of ether oxygens (including phenoxy) is 6. The van der Waals surface area contributed by atoms with Crippen LogP contribution in [-0.2, 0) is 23.7 Å². The smallest absolute Gasteiger partial charge is 0.326 e. The number of rotatable bonds is 3. The van der Waals surface area contributed by atoms with Crippen LogP contribution in [-0.4, -0.2) is 56.2 Å². The Morgan fingerprint density at radius 3 is 2.42 bits per heavy atom. The van der Waals surface area contributed by atoms with Gasteiger partial charge in [-0.25, -0.2) is 0 Å². The average molecular weight is 490 g/mol. The van der Waals surface area contributed by atoms with Gasteiger partial charge in [-0.3, -0.25) is 9.69 Å². The van der Waals surface area contributed by atoms with Gasteiger partial charge in [0.15, 0.2) is 23.0 Å². The van der Waals surface area contributed by atoms with Gasteiger partial charge in [0.1, 0.15) is 51.4 Å². The van der Waals surface area contributed by atoms with Crippen molar-refractivity contribution in [3.63, 3.8) is 0 Å². The Kier molecular flexibility index (Phi) is 5.36. The first kappa shape index (κ1) is 21.8. The molecule has 0 spiro atoms. The molecule has 7 rings (SSSR count). The van der Waals surface area contributed by atoms with Crippen molar-refractivity contribution in [1.82, 2.24) is 4.90 Å². The number of hydrogen-bond acceptors (Lipinski definition) is 8. The van der Waals surface area contributed by atoms with Gasteiger partial charge >= 0.3 is 5.97 Å². The highest BCUT2D eigenvalue weighted by molar-refractivity contribution is 5.78. The summed E-state index contributed by atoms with van der Waals surface area (Å²) < 4.78 is 35.7. The van der Waals surface area contributed by atoms with Crippen molar-refractivity contribution in [3.8, 4) is 11.5 Å². The summed E-state index contributed by atoms with van der Waals surface area (Å²) in [5, 5.41) is 0. The Bertz CT molecular complexity index is 1230. The molecular weight excluding hydrogens is 462 g/mol. The topological polar surface area (TPSA) is 75.7 Å². The van der Waals surface area contributed by atoms with Crippen LogP contribution in [0.1, 0.15) is 29.7 Å². The second kappa shape index (κ2) is 8.87. The molecule has 0 saturated carbocycles. The molecule has 4 aliphatic heterocycles. The molecule has 0 bridgehead atoms. The van der Waals surface area contributed by atoms with Crippen LogP contribution in [0.5, 0.6) is 11.5 Å². The summed E-state index contributed by atoms with van der Waals surface area (Å²) >= 11 is 0. The molecule has 0 N–H and O–H groups in total. The zero-order valence-corrected chi connectivity index (χ0v) is 19.7. The van der Waals surface area contributed by atoms with E-state index in [0.29, 0.717) is 37.9 Å². The van der Waals surface area contributed by atoms with E-state index >= 15 is 0 Å². The standard InChI is InChI=1S/C28H27NO7/c30-28-25-26(18-6-8-21-23(14-18)33-12-10-31-21)36-27(19-7-9-22-24(15-19)34-13-11-32-22)29(25)20(16-35-28)17-4-2-1-3-5-17/h1-6,8-9,14-15,19-20,25-27H,7,10-13,16H2/t19-,20+,25?,26+,27?/m0/s1. The molecule has 2 aromatic rings. The van der Waals surface area contributed by atoms with Crippen LogP contribution in [0.2, 0.25) is 0 Å². The second-order valence-corrected chi connectivity index (χ2v) is 9.49. The molecular formula is C28H27NO7. The summed E-state index contributed by atoms with van der Waals surface area (Å²) in [7, 11) is 0. The maximum Gasteiger partial charge on any atom is 0.326 e. The molecule has 4 heterocycles. The molecule has 0 aromatic heterocycles. The van der Waals surface area contributed by atoms with Gasteiger partial charge in [-0.05, 0) is 41.8 Å². The Labute approximate surface area is 209 Å². The molecule has 8 nitrogen and oxygen atoms in total. The van der Waals surface area contributed by atoms with Crippen LogP contribution in [0.3, 0.4) is 0 Å². The van der Waals surface area contributed by atoms with Gasteiger partial charge in [-0.1, -0.05) is 36.4 Å². The lowest BCUT2D eigenvalue weighted by Crippen LogP contribution is -2.52. The quantitative estimate of drug-likeness (QED) is 0.605. The van der Waals surface area contributed by atoms with Crippen LogP contribution in [0.25, 0.3) is 0 Å². The minimum atomic E-state index is -0.594. The number of hydrogen-bond donors (Lipinski definition) is 0. The van der Waals surface area contributed by atoms with Crippen molar-refractivity contribution >= 4 is 5.97 Å². The summed E-state index contributed by atoms with van der Waals surface area (Å²) in [4.78, 5) is 15.5. The largest absolute Gasteiger partial charge is 0.486 e. The van der Waals surface area contributed by atoms with E-state index in [2.05, 4.69) is 29.2 Å². The van der Waals surface area contributed by atoms with E-state index in [-0.39, 0.29) is 30.8 Å². The van der Waals surface area contributed by atoms with Crippen molar-refractivity contribution in [3.05, 3.63) is 83.3 Å². The first-order chi connectivity index (χ1) is 17.8. The molecule has 5 atom stereocenters. The van der Waals surface area contributed by atoms with Crippen LogP contribution in [0, 0.1) is 5.92 Å². The monoisotopic (exact) mass is 489 g/mol. The van der Waals surface area contributed by atoms with Gasteiger partial charge in [0.05, 0.1) is 6.04 Å². The number of esters is 1. The minimum Gasteiger partial charge on any atom is -0.486 e. The van der Waals surface area contributed by atoms with Crippen molar-refractivity contribution in [2.24, 2.45) is 5.92 Å². The molecule has 3 saturated heterocycles. The fourth-order valence-corrected chi connectivity index (χ4v) is 5.76. The molecule has 2 aromatic carbocycles. The number of nitrogens with zero attached hydrogens (tertiary/aromatic N) is 1. The fourth-order valence-electron chi connectivity index (χ4n) is 5.76. The summed E-state index contributed by atoms with van der Waals surface area (Å²) in [6.45, 7) is 2.36. The summed E-state index contributed by atoms with van der Waals surface area (Å²) in [5.41, 5.74) is 1.95. The van der Waals surface area contributed by atoms with E-state index in [1.807, 2.05) is 36.4 Å². The lowest BCUT2D eigenvalue weighted by atomic mass is 9.92. The number of benzene rings is 2. The zero-order valence-electron chi connectivity index (χ0n) is 19.7. The molecule has 2 unspecified atom stereocenters. The van der Waals surface area contributed by atoms with E-state index < -0.39 is 12.1 Å². The molecule has 1 aliphatic carbocycles. The number of fused-ring (bicyclic) bond motifs is 3. The number of allylic oxidation sites excluding steroid dienone is 1. The maximum atomic E-state index is 13.3. The Morgan fingerprint density at radius 2 is 1.56 bits per heavy atom. The highest BCUT2D eigenvalue weighted by Gasteiger charge is 2.55. The van der Waals surface area contributed by atoms with Crippen molar-refractivity contribution in [2.75, 3.05) is 33.0 Å². The summed E-state index contributed by atoms with van der Waals surface area (Å²) in [5.74, 6) is 2.60. The molecule has 8 heteroatoms. The molecule has 5 aliphatic rings. The van der Waals surface area contributed by atoms with Gasteiger partial charge in [0.2, 0.25) is 0 Å². The van der Waals surface area contributed by atoms with Crippen molar-refractivity contribution in [1.29, 1.82) is 0 Å². The number of cyclic esters (lactones) is 1. The van der Waals surface area contributed by atoms with Crippen LogP contribution in [0.15, 0.2) is 72.2 Å². The summed E-state index contributed by atoms with van der Waals surface area (Å²) in [6.07, 6.45) is 4.00. The predicted octanol–water partition coefficient (Wildman–Crippen LogP) is 3.66. The predicted molar refractivity (Wildman–Crippen MR) is 127 cm³/mol. The summed E-state index contributed by atoms with van der Waals surface area (Å²) in [6, 6.07) is 15.2. The van der Waals surface area contributed by atoms with Crippen molar-refractivity contribution in [2.45, 2.75) is 30.8 Å². The number of carbonyl (C=O) groups is 1. The number of morpholine rings is 1. The normalized spacial score (nSPS) is 31.1. The van der Waals surface area contributed by atoms with E-state index in [4.69, 9.17) is 28.4 Å². The molecule has 3 fully saturated rings. The Balaban J connectivity index is 1.29. The highest BCUT2D eigenvalue weighted by Crippen LogP contribution is 2.48. The second-order valence-electron chi connectivity index (χ2n) is 9.49. The number of carbonyl (C=O) groups excluding carboxylic acids is 1. The van der Waals surface area contributed by atoms with Gasteiger partial charge in [0.25, 0.3) is 0 Å². The molecule has 186 valence electrons. The van der Waals surface area contributed by atoms with Crippen molar-refractivity contribution < 1.29 is 33.2 Å². The van der Waals surface area contributed by atoms with Crippen LogP contribution in [0.4, 0.5) is 0 Å². The van der Waals surface area contributed by atoms with E-state index in [0.717, 1.165) is 29.1 Å². The van der Waals surface area contributed by atoms with Gasteiger partial charge < -0.3 is 28.4 Å². The lowest BCUT2D eigenvalue weighted by molar-refractivity contribution is -0.163. The lowest BCUT2D eigenvalue weighted by Gasteiger charge is -2.41. The van der Waals surface area contributed by atoms with E-state index in [1.54, 1.807) is 0 Å². The molecule has 0 amide bonds. The van der Waals surface area contributed by atoms with E-state index in [9.17, 15) is 4.79 Å². The highest BCUT2D eigenvalue weighted by atomic mass is 16.6.